The molecule has 0 spiro atoms. The molecule has 5 heteroatoms. The molecular weight excluding hydrogens is 207 g/mol. The van der Waals surface area contributed by atoms with Crippen molar-refractivity contribution < 1.29 is 4.39 Å². The van der Waals surface area contributed by atoms with Gasteiger partial charge in [0.15, 0.2) is 11.6 Å². The van der Waals surface area contributed by atoms with Gasteiger partial charge in [-0.05, 0) is 31.2 Å². The maximum Gasteiger partial charge on any atom is 0.186 e. The SMILES string of the molecule is CCc1ncnc(NCC2(CN)CC2)c1F. The first-order valence-corrected chi connectivity index (χ1v) is 5.64. The minimum Gasteiger partial charge on any atom is -0.367 e. The monoisotopic (exact) mass is 224 g/mol. The first-order valence-electron chi connectivity index (χ1n) is 5.64. The van der Waals surface area contributed by atoms with E-state index in [1.54, 1.807) is 0 Å². The van der Waals surface area contributed by atoms with Crippen LogP contribution in [-0.2, 0) is 6.42 Å². The highest BCUT2D eigenvalue weighted by Gasteiger charge is 2.41. The van der Waals surface area contributed by atoms with Crippen molar-refractivity contribution in [1.29, 1.82) is 0 Å². The van der Waals surface area contributed by atoms with E-state index in [0.717, 1.165) is 12.8 Å². The third-order valence-corrected chi connectivity index (χ3v) is 3.22. The van der Waals surface area contributed by atoms with E-state index in [0.29, 0.717) is 31.0 Å². The van der Waals surface area contributed by atoms with Gasteiger partial charge < -0.3 is 11.1 Å². The van der Waals surface area contributed by atoms with Gasteiger partial charge in [0, 0.05) is 6.54 Å². The Hall–Kier alpha value is -1.23. The Morgan fingerprint density at radius 3 is 2.81 bits per heavy atom. The zero-order valence-electron chi connectivity index (χ0n) is 9.46. The minimum atomic E-state index is -0.335. The van der Waals surface area contributed by atoms with E-state index in [4.69, 9.17) is 5.73 Å². The van der Waals surface area contributed by atoms with E-state index in [1.165, 1.54) is 6.33 Å². The van der Waals surface area contributed by atoms with Gasteiger partial charge in [-0.25, -0.2) is 14.4 Å². The van der Waals surface area contributed by atoms with Crippen molar-refractivity contribution in [2.75, 3.05) is 18.4 Å². The van der Waals surface area contributed by atoms with Gasteiger partial charge in [-0.2, -0.15) is 0 Å². The summed E-state index contributed by atoms with van der Waals surface area (Å²) >= 11 is 0. The summed E-state index contributed by atoms with van der Waals surface area (Å²) in [4.78, 5) is 7.80. The lowest BCUT2D eigenvalue weighted by molar-refractivity contribution is 0.546. The molecule has 0 aliphatic heterocycles. The second kappa shape index (κ2) is 4.33. The van der Waals surface area contributed by atoms with Crippen LogP contribution >= 0.6 is 0 Å². The lowest BCUT2D eigenvalue weighted by Gasteiger charge is -2.14. The average molecular weight is 224 g/mol. The standard InChI is InChI=1S/C11H17FN4/c1-2-8-9(12)10(16-7-15-8)14-6-11(5-13)3-4-11/h7H,2-6,13H2,1H3,(H,14,15,16). The molecule has 0 saturated heterocycles. The molecule has 1 aliphatic carbocycles. The molecule has 0 atom stereocenters. The highest BCUT2D eigenvalue weighted by Crippen LogP contribution is 2.44. The Morgan fingerprint density at radius 1 is 1.50 bits per heavy atom. The maximum atomic E-state index is 13.8. The summed E-state index contributed by atoms with van der Waals surface area (Å²) in [6.07, 6.45) is 4.20. The molecule has 3 N–H and O–H groups in total. The van der Waals surface area contributed by atoms with Gasteiger partial charge in [-0.3, -0.25) is 0 Å². The second-order valence-electron chi connectivity index (χ2n) is 4.39. The molecule has 0 aromatic carbocycles. The Morgan fingerprint density at radius 2 is 2.25 bits per heavy atom. The lowest BCUT2D eigenvalue weighted by atomic mass is 10.1. The van der Waals surface area contributed by atoms with Gasteiger partial charge >= 0.3 is 0 Å². The number of hydrogen-bond donors (Lipinski definition) is 2. The number of anilines is 1. The van der Waals surface area contributed by atoms with E-state index < -0.39 is 0 Å². The van der Waals surface area contributed by atoms with E-state index in [2.05, 4.69) is 15.3 Å². The number of nitrogens with zero attached hydrogens (tertiary/aromatic N) is 2. The molecule has 0 radical (unpaired) electrons. The van der Waals surface area contributed by atoms with Gasteiger partial charge in [0.05, 0.1) is 5.69 Å². The molecule has 1 aromatic heterocycles. The second-order valence-corrected chi connectivity index (χ2v) is 4.39. The first-order chi connectivity index (χ1) is 7.71. The predicted molar refractivity (Wildman–Crippen MR) is 60.6 cm³/mol. The molecule has 1 saturated carbocycles. The summed E-state index contributed by atoms with van der Waals surface area (Å²) in [6.45, 7) is 3.21. The zero-order chi connectivity index (χ0) is 11.6. The number of nitrogens with two attached hydrogens (primary N) is 1. The van der Waals surface area contributed by atoms with Crippen LogP contribution in [0.2, 0.25) is 0 Å². The van der Waals surface area contributed by atoms with Crippen LogP contribution < -0.4 is 11.1 Å². The molecule has 16 heavy (non-hydrogen) atoms. The fourth-order valence-corrected chi connectivity index (χ4v) is 1.68. The normalized spacial score (nSPS) is 17.2. The Bertz CT molecular complexity index is 376. The molecule has 4 nitrogen and oxygen atoms in total. The molecule has 1 fully saturated rings. The largest absolute Gasteiger partial charge is 0.367 e. The molecule has 2 rings (SSSR count). The van der Waals surface area contributed by atoms with Crippen LogP contribution in [0.1, 0.15) is 25.5 Å². The summed E-state index contributed by atoms with van der Waals surface area (Å²) in [5, 5.41) is 3.04. The summed E-state index contributed by atoms with van der Waals surface area (Å²) in [5.74, 6) is -0.0376. The van der Waals surface area contributed by atoms with Gasteiger partial charge in [0.1, 0.15) is 6.33 Å². The molecule has 0 amide bonds. The fraction of sp³-hybridized carbons (Fsp3) is 0.636. The molecule has 0 bridgehead atoms. The van der Waals surface area contributed by atoms with Crippen molar-refractivity contribution in [1.82, 2.24) is 9.97 Å². The van der Waals surface area contributed by atoms with Crippen LogP contribution in [0.3, 0.4) is 0 Å². The topological polar surface area (TPSA) is 63.8 Å². The summed E-state index contributed by atoms with van der Waals surface area (Å²) < 4.78 is 13.8. The minimum absolute atomic E-state index is 0.170. The number of nitrogens with one attached hydrogen (secondary N) is 1. The van der Waals surface area contributed by atoms with Gasteiger partial charge in [0.25, 0.3) is 0 Å². The molecule has 1 heterocycles. The number of aromatic nitrogens is 2. The molecule has 0 unspecified atom stereocenters. The van der Waals surface area contributed by atoms with Crippen LogP contribution in [0.15, 0.2) is 6.33 Å². The number of halogens is 1. The van der Waals surface area contributed by atoms with Crippen LogP contribution in [0.5, 0.6) is 0 Å². The summed E-state index contributed by atoms with van der Waals surface area (Å²) in [5.41, 5.74) is 6.28. The van der Waals surface area contributed by atoms with Crippen molar-refractivity contribution in [2.24, 2.45) is 11.1 Å². The van der Waals surface area contributed by atoms with Crippen molar-refractivity contribution in [3.05, 3.63) is 17.8 Å². The fourth-order valence-electron chi connectivity index (χ4n) is 1.68. The van der Waals surface area contributed by atoms with Crippen molar-refractivity contribution in [3.8, 4) is 0 Å². The Labute approximate surface area is 94.5 Å². The van der Waals surface area contributed by atoms with E-state index in [9.17, 15) is 4.39 Å². The van der Waals surface area contributed by atoms with Crippen molar-refractivity contribution in [3.63, 3.8) is 0 Å². The first kappa shape index (κ1) is 11.3. The van der Waals surface area contributed by atoms with Gasteiger partial charge in [-0.15, -0.1) is 0 Å². The van der Waals surface area contributed by atoms with Gasteiger partial charge in [0.2, 0.25) is 0 Å². The molecule has 1 aromatic rings. The Kier molecular flexibility index (Phi) is 3.05. The smallest absolute Gasteiger partial charge is 0.186 e. The van der Waals surface area contributed by atoms with E-state index in [1.807, 2.05) is 6.92 Å². The zero-order valence-corrected chi connectivity index (χ0v) is 9.46. The third-order valence-electron chi connectivity index (χ3n) is 3.22. The summed E-state index contributed by atoms with van der Waals surface area (Å²) in [7, 11) is 0. The highest BCUT2D eigenvalue weighted by molar-refractivity contribution is 5.38. The van der Waals surface area contributed by atoms with Crippen molar-refractivity contribution >= 4 is 5.82 Å². The number of aryl methyl sites for hydroxylation is 1. The Balaban J connectivity index is 2.04. The van der Waals surface area contributed by atoms with Crippen LogP contribution in [0.25, 0.3) is 0 Å². The average Bonchev–Trinajstić information content (AvgIpc) is 3.08. The van der Waals surface area contributed by atoms with Crippen molar-refractivity contribution in [2.45, 2.75) is 26.2 Å². The summed E-state index contributed by atoms with van der Waals surface area (Å²) in [6, 6.07) is 0. The predicted octanol–water partition coefficient (Wildman–Crippen LogP) is 1.33. The molecule has 88 valence electrons. The van der Waals surface area contributed by atoms with Crippen LogP contribution in [0, 0.1) is 11.2 Å². The van der Waals surface area contributed by atoms with E-state index >= 15 is 0 Å². The molecular formula is C11H17FN4. The lowest BCUT2D eigenvalue weighted by Crippen LogP contribution is -2.25. The quantitative estimate of drug-likeness (QED) is 0.792. The number of rotatable bonds is 5. The van der Waals surface area contributed by atoms with Gasteiger partial charge in [-0.1, -0.05) is 6.92 Å². The van der Waals surface area contributed by atoms with E-state index in [-0.39, 0.29) is 11.2 Å². The number of hydrogen-bond acceptors (Lipinski definition) is 4. The van der Waals surface area contributed by atoms with Crippen LogP contribution in [0.4, 0.5) is 10.2 Å². The van der Waals surface area contributed by atoms with Crippen LogP contribution in [-0.4, -0.2) is 23.1 Å². The highest BCUT2D eigenvalue weighted by atomic mass is 19.1. The molecule has 1 aliphatic rings. The maximum absolute atomic E-state index is 13.8. The third kappa shape index (κ3) is 2.14.